The average Bonchev–Trinajstić information content (AvgIpc) is 3.17. The van der Waals surface area contributed by atoms with Crippen molar-refractivity contribution >= 4 is 17.1 Å². The quantitative estimate of drug-likeness (QED) is 0.678. The smallest absolute Gasteiger partial charge is 0.317 e. The molecule has 1 N–H and O–H groups in total. The highest BCUT2D eigenvalue weighted by Gasteiger charge is 2.26. The van der Waals surface area contributed by atoms with Crippen LogP contribution < -0.4 is 10.1 Å². The highest BCUT2D eigenvalue weighted by Crippen LogP contribution is 2.29. The Morgan fingerprint density at radius 3 is 2.68 bits per heavy atom. The third kappa shape index (κ3) is 4.27. The number of aromatic nitrogens is 1. The molecule has 0 radical (unpaired) electrons. The summed E-state index contributed by atoms with van der Waals surface area (Å²) in [4.78, 5) is 18.8. The van der Waals surface area contributed by atoms with E-state index in [4.69, 9.17) is 9.15 Å². The number of likely N-dealkylation sites (tertiary alicyclic amines) is 1. The molecule has 2 aromatic carbocycles. The number of amides is 2. The Morgan fingerprint density at radius 1 is 1.18 bits per heavy atom. The van der Waals surface area contributed by atoms with E-state index in [2.05, 4.69) is 10.3 Å². The summed E-state index contributed by atoms with van der Waals surface area (Å²) in [6, 6.07) is 15.7. The number of nitrogens with zero attached hydrogens (tertiary/aromatic N) is 2. The molecule has 1 aliphatic heterocycles. The fourth-order valence-corrected chi connectivity index (χ4v) is 3.47. The zero-order valence-corrected chi connectivity index (χ0v) is 16.1. The van der Waals surface area contributed by atoms with Gasteiger partial charge in [-0.25, -0.2) is 9.78 Å². The van der Waals surface area contributed by atoms with Gasteiger partial charge < -0.3 is 19.4 Å². The van der Waals surface area contributed by atoms with Crippen molar-refractivity contribution in [2.24, 2.45) is 0 Å². The number of piperidine rings is 1. The van der Waals surface area contributed by atoms with E-state index < -0.39 is 0 Å². The molecule has 0 aliphatic carbocycles. The van der Waals surface area contributed by atoms with Crippen LogP contribution in [-0.2, 0) is 0 Å². The van der Waals surface area contributed by atoms with Gasteiger partial charge in [0.05, 0.1) is 6.54 Å². The number of fused-ring (bicyclic) bond motifs is 1. The molecule has 146 valence electrons. The molecule has 0 spiro atoms. The lowest BCUT2D eigenvalue weighted by Gasteiger charge is -2.30. The van der Waals surface area contributed by atoms with Gasteiger partial charge in [0.15, 0.2) is 11.5 Å². The third-order valence-electron chi connectivity index (χ3n) is 5.11. The molecule has 0 bridgehead atoms. The fraction of sp³-hybridized carbons (Fsp3) is 0.364. The summed E-state index contributed by atoms with van der Waals surface area (Å²) in [5.74, 6) is 1.87. The van der Waals surface area contributed by atoms with Gasteiger partial charge >= 0.3 is 6.03 Å². The second-order valence-electron chi connectivity index (χ2n) is 7.17. The Balaban J connectivity index is 1.21. The number of carbonyl (C=O) groups excluding carboxylic acids is 1. The summed E-state index contributed by atoms with van der Waals surface area (Å²) in [6.45, 7) is 4.38. The normalized spacial score (nSPS) is 15.0. The molecule has 4 rings (SSSR count). The zero-order valence-electron chi connectivity index (χ0n) is 16.1. The van der Waals surface area contributed by atoms with Crippen molar-refractivity contribution in [3.8, 4) is 5.75 Å². The van der Waals surface area contributed by atoms with E-state index >= 15 is 0 Å². The standard InChI is InChI=1S/C22H25N3O3/c1-16-6-8-18(9-7-16)27-15-12-23-22(26)25-13-10-17(11-14-25)21-24-19-4-2-3-5-20(19)28-21/h2-9,17H,10-15H2,1H3,(H,23,26). The lowest BCUT2D eigenvalue weighted by Crippen LogP contribution is -2.45. The topological polar surface area (TPSA) is 67.6 Å². The number of rotatable bonds is 5. The molecule has 6 nitrogen and oxygen atoms in total. The van der Waals surface area contributed by atoms with Gasteiger partial charge in [0.25, 0.3) is 0 Å². The molecule has 1 aromatic heterocycles. The minimum atomic E-state index is -0.0384. The third-order valence-corrected chi connectivity index (χ3v) is 5.11. The van der Waals surface area contributed by atoms with Crippen LogP contribution in [0.1, 0.15) is 30.2 Å². The monoisotopic (exact) mass is 379 g/mol. The lowest BCUT2D eigenvalue weighted by molar-refractivity contribution is 0.175. The van der Waals surface area contributed by atoms with Crippen LogP contribution in [0.15, 0.2) is 52.9 Å². The van der Waals surface area contributed by atoms with Crippen LogP contribution in [0.2, 0.25) is 0 Å². The highest BCUT2D eigenvalue weighted by atomic mass is 16.5. The number of benzene rings is 2. The Bertz CT molecular complexity index is 895. The molecule has 3 aromatic rings. The van der Waals surface area contributed by atoms with Crippen LogP contribution in [0.5, 0.6) is 5.75 Å². The predicted molar refractivity (Wildman–Crippen MR) is 108 cm³/mol. The minimum Gasteiger partial charge on any atom is -0.492 e. The van der Waals surface area contributed by atoms with Gasteiger partial charge in [-0.1, -0.05) is 29.8 Å². The fourth-order valence-electron chi connectivity index (χ4n) is 3.47. The first kappa shape index (κ1) is 18.3. The van der Waals surface area contributed by atoms with Crippen molar-refractivity contribution in [2.75, 3.05) is 26.2 Å². The van der Waals surface area contributed by atoms with Gasteiger partial charge in [-0.05, 0) is 44.0 Å². The van der Waals surface area contributed by atoms with Gasteiger partial charge in [-0.15, -0.1) is 0 Å². The van der Waals surface area contributed by atoms with Crippen molar-refractivity contribution in [3.63, 3.8) is 0 Å². The average molecular weight is 379 g/mol. The molecular formula is C22H25N3O3. The molecule has 28 heavy (non-hydrogen) atoms. The summed E-state index contributed by atoms with van der Waals surface area (Å²) < 4.78 is 11.5. The van der Waals surface area contributed by atoms with Gasteiger partial charge in [0.2, 0.25) is 0 Å². The number of ether oxygens (including phenoxy) is 1. The van der Waals surface area contributed by atoms with Crippen LogP contribution in [0.25, 0.3) is 11.1 Å². The molecule has 6 heteroatoms. The van der Waals surface area contributed by atoms with E-state index in [0.717, 1.165) is 35.6 Å². The molecular weight excluding hydrogens is 354 g/mol. The van der Waals surface area contributed by atoms with Gasteiger partial charge in [-0.2, -0.15) is 0 Å². The summed E-state index contributed by atoms with van der Waals surface area (Å²) in [5.41, 5.74) is 2.92. The van der Waals surface area contributed by atoms with Crippen LogP contribution in [0, 0.1) is 6.92 Å². The Hall–Kier alpha value is -3.02. The van der Waals surface area contributed by atoms with Crippen LogP contribution in [0.4, 0.5) is 4.79 Å². The maximum atomic E-state index is 12.4. The van der Waals surface area contributed by atoms with Crippen LogP contribution >= 0.6 is 0 Å². The van der Waals surface area contributed by atoms with E-state index in [1.54, 1.807) is 0 Å². The first-order valence-corrected chi connectivity index (χ1v) is 9.77. The molecule has 2 heterocycles. The lowest BCUT2D eigenvalue weighted by atomic mass is 9.97. The van der Waals surface area contributed by atoms with Gasteiger partial charge in [0, 0.05) is 19.0 Å². The molecule has 0 saturated carbocycles. The number of hydrogen-bond acceptors (Lipinski definition) is 4. The van der Waals surface area contributed by atoms with Gasteiger partial charge in [-0.3, -0.25) is 0 Å². The van der Waals surface area contributed by atoms with Crippen LogP contribution in [-0.4, -0.2) is 42.2 Å². The second-order valence-corrected chi connectivity index (χ2v) is 7.17. The molecule has 0 atom stereocenters. The molecule has 2 amide bonds. The Morgan fingerprint density at radius 2 is 1.93 bits per heavy atom. The van der Waals surface area contributed by atoms with Crippen molar-refractivity contribution in [1.82, 2.24) is 15.2 Å². The molecule has 0 unspecified atom stereocenters. The van der Waals surface area contributed by atoms with E-state index in [-0.39, 0.29) is 11.9 Å². The maximum Gasteiger partial charge on any atom is 0.317 e. The Kier molecular flexibility index (Phi) is 5.46. The summed E-state index contributed by atoms with van der Waals surface area (Å²) in [6.07, 6.45) is 1.72. The highest BCUT2D eigenvalue weighted by molar-refractivity contribution is 5.74. The van der Waals surface area contributed by atoms with Crippen molar-refractivity contribution in [1.29, 1.82) is 0 Å². The molecule has 1 aliphatic rings. The first-order valence-electron chi connectivity index (χ1n) is 9.77. The number of hydrogen-bond donors (Lipinski definition) is 1. The minimum absolute atomic E-state index is 0.0384. The maximum absolute atomic E-state index is 12.4. The molecule has 1 saturated heterocycles. The first-order chi connectivity index (χ1) is 13.7. The van der Waals surface area contributed by atoms with Crippen molar-refractivity contribution < 1.29 is 13.9 Å². The predicted octanol–water partition coefficient (Wildman–Crippen LogP) is 4.10. The largest absolute Gasteiger partial charge is 0.492 e. The van der Waals surface area contributed by atoms with Crippen LogP contribution in [0.3, 0.4) is 0 Å². The van der Waals surface area contributed by atoms with Gasteiger partial charge in [0.1, 0.15) is 17.9 Å². The summed E-state index contributed by atoms with van der Waals surface area (Å²) >= 11 is 0. The SMILES string of the molecule is Cc1ccc(OCCNC(=O)N2CCC(c3nc4ccccc4o3)CC2)cc1. The van der Waals surface area contributed by atoms with E-state index in [1.165, 1.54) is 5.56 Å². The summed E-state index contributed by atoms with van der Waals surface area (Å²) in [7, 11) is 0. The summed E-state index contributed by atoms with van der Waals surface area (Å²) in [5, 5.41) is 2.93. The zero-order chi connectivity index (χ0) is 19.3. The number of urea groups is 1. The van der Waals surface area contributed by atoms with Crippen molar-refractivity contribution in [2.45, 2.75) is 25.7 Å². The van der Waals surface area contributed by atoms with Crippen molar-refractivity contribution in [3.05, 3.63) is 60.0 Å². The Labute approximate surface area is 164 Å². The van der Waals surface area contributed by atoms with E-state index in [0.29, 0.717) is 26.2 Å². The molecule has 1 fully saturated rings. The number of para-hydroxylation sites is 2. The van der Waals surface area contributed by atoms with E-state index in [9.17, 15) is 4.79 Å². The van der Waals surface area contributed by atoms with E-state index in [1.807, 2.05) is 60.4 Å². The number of nitrogens with one attached hydrogen (secondary N) is 1. The number of oxazole rings is 1. The number of carbonyl (C=O) groups is 1. The second kappa shape index (κ2) is 8.33. The number of aryl methyl sites for hydroxylation is 1.